The maximum Gasteiger partial charge on any atom is 0.101 e. The molecule has 0 amide bonds. The van der Waals surface area contributed by atoms with Crippen molar-refractivity contribution in [3.8, 4) is 0 Å². The second kappa shape index (κ2) is 13.9. The Morgan fingerprint density at radius 2 is 0.767 bits per heavy atom. The fourth-order valence-electron chi connectivity index (χ4n) is 5.29. The SMILES string of the molecule is CC.CC.Cc1ccc2c(N(c3cccs3)c3cccs3)c3cc(C)c(C)cc3c(N(c3cccs3)c3cccs3)c2c1. The lowest BCUT2D eigenvalue weighted by atomic mass is 9.93. The van der Waals surface area contributed by atoms with Crippen LogP contribution in [0.3, 0.4) is 0 Å². The molecule has 220 valence electrons. The fraction of sp³-hybridized carbons (Fsp3) is 0.189. The third kappa shape index (κ3) is 5.89. The van der Waals surface area contributed by atoms with E-state index in [4.69, 9.17) is 0 Å². The van der Waals surface area contributed by atoms with Crippen molar-refractivity contribution in [3.05, 3.63) is 117 Å². The Hall–Kier alpha value is -3.42. The summed E-state index contributed by atoms with van der Waals surface area (Å²) in [6.45, 7) is 14.7. The third-order valence-corrected chi connectivity index (χ3v) is 10.6. The average molecular weight is 639 g/mol. The first-order valence-electron chi connectivity index (χ1n) is 14.8. The molecule has 0 aliphatic carbocycles. The molecular formula is C37H38N2S4. The van der Waals surface area contributed by atoms with Crippen LogP contribution < -0.4 is 9.80 Å². The largest absolute Gasteiger partial charge is 0.292 e. The molecule has 7 rings (SSSR count). The summed E-state index contributed by atoms with van der Waals surface area (Å²) in [7, 11) is 0. The van der Waals surface area contributed by atoms with Crippen LogP contribution in [-0.4, -0.2) is 0 Å². The predicted octanol–water partition coefficient (Wildman–Crippen LogP) is 14.2. The van der Waals surface area contributed by atoms with Gasteiger partial charge in [0.1, 0.15) is 20.0 Å². The number of thiophene rings is 4. The van der Waals surface area contributed by atoms with Gasteiger partial charge >= 0.3 is 0 Å². The van der Waals surface area contributed by atoms with Gasteiger partial charge in [-0.1, -0.05) is 45.4 Å². The molecule has 0 N–H and O–H groups in total. The molecular weight excluding hydrogens is 601 g/mol. The van der Waals surface area contributed by atoms with Crippen LogP contribution in [-0.2, 0) is 0 Å². The van der Waals surface area contributed by atoms with Crippen molar-refractivity contribution in [2.24, 2.45) is 0 Å². The summed E-state index contributed by atoms with van der Waals surface area (Å²) in [5.74, 6) is 0. The first kappa shape index (κ1) is 31.0. The zero-order valence-electron chi connectivity index (χ0n) is 25.8. The number of hydrogen-bond donors (Lipinski definition) is 0. The molecule has 0 saturated heterocycles. The normalized spacial score (nSPS) is 10.7. The minimum absolute atomic E-state index is 1.22. The van der Waals surface area contributed by atoms with Gasteiger partial charge in [0.2, 0.25) is 0 Å². The highest BCUT2D eigenvalue weighted by molar-refractivity contribution is 7.17. The molecule has 0 spiro atoms. The summed E-state index contributed by atoms with van der Waals surface area (Å²) < 4.78 is 0. The van der Waals surface area contributed by atoms with Crippen LogP contribution >= 0.6 is 45.3 Å². The Morgan fingerprint density at radius 3 is 1.12 bits per heavy atom. The predicted molar refractivity (Wildman–Crippen MR) is 199 cm³/mol. The van der Waals surface area contributed by atoms with E-state index >= 15 is 0 Å². The average Bonchev–Trinajstić information content (AvgIpc) is 3.87. The molecule has 6 heteroatoms. The Kier molecular flexibility index (Phi) is 10.0. The standard InChI is InChI=1S/C33H26N2S4.2C2H6/c1-21-12-13-24-25(18-21)33(35(30-10-6-16-38-30)31-11-7-17-39-31)27-20-23(3)22(2)19-26(27)32(24)34(28-8-4-14-36-28)29-9-5-15-37-29;2*1-2/h4-20H,1-3H3;2*1-2H3. The maximum atomic E-state index is 2.47. The highest BCUT2D eigenvalue weighted by Crippen LogP contribution is 2.53. The first-order valence-corrected chi connectivity index (χ1v) is 18.3. The van der Waals surface area contributed by atoms with E-state index in [2.05, 4.69) is 131 Å². The van der Waals surface area contributed by atoms with Crippen molar-refractivity contribution in [3.63, 3.8) is 0 Å². The van der Waals surface area contributed by atoms with E-state index < -0.39 is 0 Å². The minimum Gasteiger partial charge on any atom is -0.292 e. The van der Waals surface area contributed by atoms with Crippen molar-refractivity contribution in [2.45, 2.75) is 48.5 Å². The Balaban J connectivity index is 0.000000885. The van der Waals surface area contributed by atoms with Gasteiger partial charge in [0.25, 0.3) is 0 Å². The number of nitrogens with zero attached hydrogens (tertiary/aromatic N) is 2. The fourth-order valence-corrected chi connectivity index (χ4v) is 8.40. The van der Waals surface area contributed by atoms with Crippen molar-refractivity contribution in [1.29, 1.82) is 0 Å². The molecule has 0 saturated carbocycles. The number of hydrogen-bond acceptors (Lipinski definition) is 6. The van der Waals surface area contributed by atoms with E-state index in [1.165, 1.54) is 69.6 Å². The van der Waals surface area contributed by atoms with Gasteiger partial charge in [0, 0.05) is 21.5 Å². The molecule has 0 aliphatic rings. The zero-order valence-corrected chi connectivity index (χ0v) is 29.1. The number of anilines is 6. The lowest BCUT2D eigenvalue weighted by Crippen LogP contribution is -2.12. The van der Waals surface area contributed by atoms with Gasteiger partial charge in [-0.2, -0.15) is 0 Å². The molecule has 2 nitrogen and oxygen atoms in total. The Bertz CT molecular complexity index is 1810. The molecule has 3 aromatic carbocycles. The van der Waals surface area contributed by atoms with E-state index in [0.717, 1.165) is 0 Å². The zero-order chi connectivity index (χ0) is 30.5. The summed E-state index contributed by atoms with van der Waals surface area (Å²) in [6, 6.07) is 29.3. The summed E-state index contributed by atoms with van der Waals surface area (Å²) in [5, 5.41) is 18.6. The molecule has 0 radical (unpaired) electrons. The number of benzene rings is 3. The molecule has 43 heavy (non-hydrogen) atoms. The third-order valence-electron chi connectivity index (χ3n) is 7.18. The van der Waals surface area contributed by atoms with Crippen LogP contribution in [0.1, 0.15) is 44.4 Å². The van der Waals surface area contributed by atoms with Gasteiger partial charge in [0.05, 0.1) is 11.4 Å². The van der Waals surface area contributed by atoms with Gasteiger partial charge in [-0.3, -0.25) is 9.80 Å². The molecule has 0 aliphatic heterocycles. The minimum atomic E-state index is 1.22. The topological polar surface area (TPSA) is 6.48 Å². The lowest BCUT2D eigenvalue weighted by molar-refractivity contribution is 1.33. The van der Waals surface area contributed by atoms with E-state index in [1.807, 2.05) is 27.7 Å². The van der Waals surface area contributed by atoms with Crippen molar-refractivity contribution >= 4 is 98.3 Å². The molecule has 0 fully saturated rings. The summed E-state index contributed by atoms with van der Waals surface area (Å²) in [5.41, 5.74) is 6.36. The molecule has 0 atom stereocenters. The highest BCUT2D eigenvalue weighted by Gasteiger charge is 2.27. The van der Waals surface area contributed by atoms with E-state index in [9.17, 15) is 0 Å². The van der Waals surface area contributed by atoms with Gasteiger partial charge in [-0.15, -0.1) is 45.3 Å². The monoisotopic (exact) mass is 638 g/mol. The van der Waals surface area contributed by atoms with Crippen LogP contribution in [0.4, 0.5) is 31.4 Å². The van der Waals surface area contributed by atoms with Gasteiger partial charge in [-0.05, 0) is 120 Å². The maximum absolute atomic E-state index is 2.47. The summed E-state index contributed by atoms with van der Waals surface area (Å²) in [4.78, 5) is 4.94. The van der Waals surface area contributed by atoms with Crippen LogP contribution in [0.2, 0.25) is 0 Å². The number of fused-ring (bicyclic) bond motifs is 2. The molecule has 0 unspecified atom stereocenters. The van der Waals surface area contributed by atoms with E-state index in [0.29, 0.717) is 0 Å². The smallest absolute Gasteiger partial charge is 0.101 e. The molecule has 0 bridgehead atoms. The second-order valence-corrected chi connectivity index (χ2v) is 13.4. The van der Waals surface area contributed by atoms with Crippen LogP contribution in [0.25, 0.3) is 21.5 Å². The van der Waals surface area contributed by atoms with E-state index in [1.54, 1.807) is 45.3 Å². The molecule has 7 aromatic rings. The number of aryl methyl sites for hydroxylation is 3. The van der Waals surface area contributed by atoms with Gasteiger partial charge in [0.15, 0.2) is 0 Å². The van der Waals surface area contributed by atoms with Gasteiger partial charge < -0.3 is 0 Å². The lowest BCUT2D eigenvalue weighted by Gasteiger charge is -2.31. The van der Waals surface area contributed by atoms with Crippen molar-refractivity contribution in [2.75, 3.05) is 9.80 Å². The quantitative estimate of drug-likeness (QED) is 0.132. The summed E-state index contributed by atoms with van der Waals surface area (Å²) >= 11 is 7.14. The van der Waals surface area contributed by atoms with Crippen molar-refractivity contribution < 1.29 is 0 Å². The van der Waals surface area contributed by atoms with Crippen LogP contribution in [0.5, 0.6) is 0 Å². The Labute approximate surface area is 272 Å². The molecule has 4 aromatic heterocycles. The van der Waals surface area contributed by atoms with Crippen molar-refractivity contribution in [1.82, 2.24) is 0 Å². The summed E-state index contributed by atoms with van der Waals surface area (Å²) in [6.07, 6.45) is 0. The first-order chi connectivity index (χ1) is 21.1. The van der Waals surface area contributed by atoms with Crippen LogP contribution in [0, 0.1) is 20.8 Å². The Morgan fingerprint density at radius 1 is 0.419 bits per heavy atom. The van der Waals surface area contributed by atoms with E-state index in [-0.39, 0.29) is 0 Å². The number of rotatable bonds is 6. The molecule has 4 heterocycles. The van der Waals surface area contributed by atoms with Gasteiger partial charge in [-0.25, -0.2) is 0 Å². The highest BCUT2D eigenvalue weighted by atomic mass is 32.1. The van der Waals surface area contributed by atoms with Crippen LogP contribution in [0.15, 0.2) is 100 Å². The second-order valence-electron chi connectivity index (χ2n) is 9.70.